The van der Waals surface area contributed by atoms with Crippen molar-refractivity contribution >= 4 is 35.3 Å². The van der Waals surface area contributed by atoms with Crippen LogP contribution in [0.25, 0.3) is 0 Å². The number of aromatic nitrogens is 1. The molecule has 2 saturated heterocycles. The molecule has 2 aromatic rings. The normalized spacial score (nSPS) is 28.7. The lowest BCUT2D eigenvalue weighted by molar-refractivity contribution is -0.536. The first-order chi connectivity index (χ1) is 16.9. The van der Waals surface area contributed by atoms with Crippen LogP contribution in [-0.4, -0.2) is 71.6 Å². The number of nitrogens with two attached hydrogens (primary N) is 1. The number of methoxy groups -OCH3 is 1. The Morgan fingerprint density at radius 3 is 2.77 bits per heavy atom. The maximum atomic E-state index is 14.0. The molecule has 4 unspecified atom stereocenters. The Kier molecular flexibility index (Phi) is 8.01. The van der Waals surface area contributed by atoms with Gasteiger partial charge in [-0.2, -0.15) is 5.10 Å². The number of hydrazone groups is 1. The zero-order chi connectivity index (χ0) is 25.1. The quantitative estimate of drug-likeness (QED) is 0.166. The number of thioether (sulfide) groups is 1. The second-order valence-corrected chi connectivity index (χ2v) is 9.36. The Labute approximate surface area is 209 Å². The summed E-state index contributed by atoms with van der Waals surface area (Å²) in [6.07, 6.45) is 7.40. The summed E-state index contributed by atoms with van der Waals surface area (Å²) in [5, 5.41) is 13.5. The van der Waals surface area contributed by atoms with Crippen LogP contribution in [-0.2, 0) is 14.2 Å². The fourth-order valence-corrected chi connectivity index (χ4v) is 5.29. The van der Waals surface area contributed by atoms with Crippen molar-refractivity contribution in [2.75, 3.05) is 13.7 Å². The van der Waals surface area contributed by atoms with Gasteiger partial charge in [-0.05, 0) is 18.2 Å². The first-order valence-corrected chi connectivity index (χ1v) is 11.7. The average molecular weight is 524 g/mol. The molecule has 2 fully saturated rings. The molecular weight excluding hydrogens is 502 g/mol. The van der Waals surface area contributed by atoms with Gasteiger partial charge in [0.1, 0.15) is 34.3 Å². The molecule has 1 aromatic carbocycles. The maximum Gasteiger partial charge on any atom is 0.208 e. The fourth-order valence-electron chi connectivity index (χ4n) is 4.00. The molecule has 4 rings (SSSR count). The van der Waals surface area contributed by atoms with E-state index in [9.17, 15) is 13.9 Å². The van der Waals surface area contributed by atoms with E-state index in [4.69, 9.17) is 38.1 Å². The molecule has 1 aromatic heterocycles. The Bertz CT molecular complexity index is 1170. The first-order valence-electron chi connectivity index (χ1n) is 10.4. The van der Waals surface area contributed by atoms with Crippen LogP contribution in [0.15, 0.2) is 40.6 Å². The summed E-state index contributed by atoms with van der Waals surface area (Å²) in [4.78, 5) is 8.03. The lowest BCUT2D eigenvalue weighted by atomic mass is 9.96. The topological polar surface area (TPSA) is 113 Å². The largest absolute Gasteiger partial charge is 0.388 e. The van der Waals surface area contributed by atoms with Gasteiger partial charge in [0.25, 0.3) is 0 Å². The molecule has 35 heavy (non-hydrogen) atoms. The number of halogens is 3. The summed E-state index contributed by atoms with van der Waals surface area (Å²) in [5.74, 6) is 6.14. The smallest absolute Gasteiger partial charge is 0.208 e. The summed E-state index contributed by atoms with van der Waals surface area (Å²) in [7, 11) is 1.51. The number of nitrogens with zero attached hydrogens (tertiary/aromatic N) is 2. The number of nitrogens with one attached hydrogen (secondary N) is 1. The van der Waals surface area contributed by atoms with E-state index in [1.807, 2.05) is 0 Å². The van der Waals surface area contributed by atoms with Crippen LogP contribution in [0.3, 0.4) is 0 Å². The number of hydrogen-bond acceptors (Lipinski definition) is 8. The van der Waals surface area contributed by atoms with Crippen molar-refractivity contribution in [1.29, 1.82) is 0 Å². The van der Waals surface area contributed by atoms with Gasteiger partial charge >= 0.3 is 0 Å². The van der Waals surface area contributed by atoms with Crippen molar-refractivity contribution < 1.29 is 33.1 Å². The Morgan fingerprint density at radius 2 is 2.11 bits per heavy atom. The fraction of sp³-hybridized carbons (Fsp3) is 0.348. The van der Waals surface area contributed by atoms with Crippen molar-refractivity contribution in [1.82, 2.24) is 4.98 Å². The predicted octanol–water partition coefficient (Wildman–Crippen LogP) is 0.469. The molecule has 8 nitrogen and oxygen atoms in total. The molecule has 0 amide bonds. The average Bonchev–Trinajstić information content (AvgIpc) is 3.22. The van der Waals surface area contributed by atoms with Crippen LogP contribution >= 0.6 is 23.4 Å². The molecule has 184 valence electrons. The number of hydrogen-bond donors (Lipinski definition) is 3. The van der Waals surface area contributed by atoms with Crippen LogP contribution in [0, 0.1) is 24.0 Å². The van der Waals surface area contributed by atoms with E-state index in [-0.39, 0.29) is 17.9 Å². The van der Waals surface area contributed by atoms with Crippen LogP contribution in [0.5, 0.6) is 0 Å². The molecular formula is C23H22ClF2N4O4S+. The highest BCUT2D eigenvalue weighted by Gasteiger charge is 2.55. The number of ether oxygens (including phenoxy) is 3. The van der Waals surface area contributed by atoms with E-state index in [0.717, 1.165) is 17.0 Å². The molecule has 4 N–H and O–H groups in total. The second-order valence-electron chi connectivity index (χ2n) is 7.81. The number of fused-ring (bicyclic) bond motifs is 1. The van der Waals surface area contributed by atoms with Gasteiger partial charge in [-0.1, -0.05) is 29.3 Å². The summed E-state index contributed by atoms with van der Waals surface area (Å²) in [5.41, 5.74) is 0.164. The minimum absolute atomic E-state index is 0.0611. The molecule has 3 heterocycles. The highest BCUT2D eigenvalue weighted by Crippen LogP contribution is 2.37. The molecule has 0 radical (unpaired) electrons. The van der Waals surface area contributed by atoms with E-state index < -0.39 is 52.6 Å². The number of pyridine rings is 1. The summed E-state index contributed by atoms with van der Waals surface area (Å²) < 4.78 is 45.6. The van der Waals surface area contributed by atoms with Gasteiger partial charge in [-0.15, -0.1) is 6.42 Å². The van der Waals surface area contributed by atoms with Crippen molar-refractivity contribution in [3.05, 3.63) is 58.4 Å². The van der Waals surface area contributed by atoms with Gasteiger partial charge in [-0.3, -0.25) is 4.98 Å². The molecule has 0 spiro atoms. The number of benzene rings is 1. The number of aliphatic hydroxyl groups is 1. The van der Waals surface area contributed by atoms with Gasteiger partial charge in [0.15, 0.2) is 24.1 Å². The van der Waals surface area contributed by atoms with Gasteiger partial charge in [0.2, 0.25) is 6.04 Å². The van der Waals surface area contributed by atoms with Gasteiger partial charge in [0, 0.05) is 35.5 Å². The number of terminal acetylenes is 1. The summed E-state index contributed by atoms with van der Waals surface area (Å²) in [6, 6.07) is 3.29. The minimum Gasteiger partial charge on any atom is -0.388 e. The monoisotopic (exact) mass is 523 g/mol. The Hall–Kier alpha value is -2.59. The first kappa shape index (κ1) is 25.5. The van der Waals surface area contributed by atoms with Crippen LogP contribution in [0.4, 0.5) is 8.78 Å². The van der Waals surface area contributed by atoms with Gasteiger partial charge in [-0.25, -0.2) is 13.8 Å². The third-order valence-electron chi connectivity index (χ3n) is 5.67. The van der Waals surface area contributed by atoms with Crippen LogP contribution in [0.1, 0.15) is 11.1 Å². The zero-order valence-corrected chi connectivity index (χ0v) is 20.0. The third kappa shape index (κ3) is 5.33. The predicted molar refractivity (Wildman–Crippen MR) is 126 cm³/mol. The number of aliphatic hydroxyl groups excluding tert-OH is 1. The lowest BCUT2D eigenvalue weighted by Gasteiger charge is -2.39. The van der Waals surface area contributed by atoms with E-state index in [0.29, 0.717) is 5.56 Å². The Balaban J connectivity index is 1.64. The van der Waals surface area contributed by atoms with Gasteiger partial charge < -0.3 is 25.2 Å². The van der Waals surface area contributed by atoms with E-state index in [1.165, 1.54) is 25.1 Å². The lowest BCUT2D eigenvalue weighted by Crippen LogP contribution is -2.87. The maximum absolute atomic E-state index is 14.0. The van der Waals surface area contributed by atoms with E-state index >= 15 is 0 Å². The molecule has 2 aliphatic rings. The molecule has 6 atom stereocenters. The molecule has 0 aliphatic carbocycles. The molecule has 2 aliphatic heterocycles. The highest BCUT2D eigenvalue weighted by molar-refractivity contribution is 7.99. The van der Waals surface area contributed by atoms with E-state index in [1.54, 1.807) is 18.5 Å². The minimum atomic E-state index is -0.946. The van der Waals surface area contributed by atoms with Gasteiger partial charge in [0.05, 0.1) is 6.61 Å². The zero-order valence-electron chi connectivity index (χ0n) is 18.4. The van der Waals surface area contributed by atoms with Crippen LogP contribution < -0.4 is 10.8 Å². The molecule has 0 bridgehead atoms. The van der Waals surface area contributed by atoms with Crippen molar-refractivity contribution in [3.63, 3.8) is 0 Å². The number of rotatable bonds is 6. The van der Waals surface area contributed by atoms with Crippen molar-refractivity contribution in [3.8, 4) is 12.3 Å². The van der Waals surface area contributed by atoms with E-state index in [2.05, 4.69) is 21.0 Å². The van der Waals surface area contributed by atoms with Crippen LogP contribution in [0.2, 0.25) is 5.02 Å². The Morgan fingerprint density at radius 1 is 1.37 bits per heavy atom. The summed E-state index contributed by atoms with van der Waals surface area (Å²) in [6.45, 7) is 0.0703. The SMILES string of the molecule is C#Cc1cncc(S[C@H]2OC3C(O)CO[C@@H]3C([NH+]=C/C(=N\N)c3cc(F)c(Cl)c(F)c3)C2OC)c1. The van der Waals surface area contributed by atoms with Crippen molar-refractivity contribution in [2.24, 2.45) is 10.9 Å². The molecule has 0 saturated carbocycles. The third-order valence-corrected chi connectivity index (χ3v) is 7.13. The highest BCUT2D eigenvalue weighted by atomic mass is 35.5. The second kappa shape index (κ2) is 11.0. The molecule has 12 heteroatoms. The standard InChI is InChI=1S/C23H21ClF2N4O4S/c1-3-11-4-13(8-28-7-11)35-23-22(32-2)19(21-20(34-23)17(31)10-33-21)29-9-16(30-27)12-5-14(25)18(24)15(26)6-12/h1,4-9,17,19-23,31H,10,27H2,2H3/p+1/b29-9?,30-16+/t17?,19?,20?,21-,22?,23-/m1/s1. The summed E-state index contributed by atoms with van der Waals surface area (Å²) >= 11 is 6.90. The van der Waals surface area contributed by atoms with Crippen molar-refractivity contribution in [2.45, 2.75) is 40.8 Å².